The summed E-state index contributed by atoms with van der Waals surface area (Å²) in [5.41, 5.74) is 8.16. The van der Waals surface area contributed by atoms with Gasteiger partial charge in [-0.15, -0.1) is 0 Å². The zero-order chi connectivity index (χ0) is 12.3. The molecule has 0 aliphatic rings. The molecule has 1 aromatic heterocycles. The van der Waals surface area contributed by atoms with Gasteiger partial charge in [0.05, 0.1) is 12.2 Å². The first-order chi connectivity index (χ1) is 8.16. The summed E-state index contributed by atoms with van der Waals surface area (Å²) in [5.74, 6) is 0. The highest BCUT2D eigenvalue weighted by Gasteiger charge is 2.09. The number of hydrogen-bond donors (Lipinski definition) is 1. The lowest BCUT2D eigenvalue weighted by atomic mass is 10.1. The van der Waals surface area contributed by atoms with E-state index in [9.17, 15) is 0 Å². The van der Waals surface area contributed by atoms with Crippen LogP contribution in [0.4, 0.5) is 0 Å². The van der Waals surface area contributed by atoms with Crippen molar-refractivity contribution in [3.8, 4) is 11.1 Å². The van der Waals surface area contributed by atoms with Gasteiger partial charge in [-0.3, -0.25) is 4.68 Å². The second-order valence-electron chi connectivity index (χ2n) is 4.64. The molecule has 2 unspecified atom stereocenters. The summed E-state index contributed by atoms with van der Waals surface area (Å²) < 4.78 is 1.99. The Balaban J connectivity index is 2.16. The zero-order valence-corrected chi connectivity index (χ0v) is 10.4. The molecule has 1 heterocycles. The van der Waals surface area contributed by atoms with E-state index in [-0.39, 0.29) is 6.04 Å². The van der Waals surface area contributed by atoms with Gasteiger partial charge in [-0.25, -0.2) is 0 Å². The first kappa shape index (κ1) is 11.9. The minimum Gasteiger partial charge on any atom is -0.328 e. The van der Waals surface area contributed by atoms with Gasteiger partial charge in [0.15, 0.2) is 0 Å². The van der Waals surface area contributed by atoms with Gasteiger partial charge in [0.1, 0.15) is 0 Å². The van der Waals surface area contributed by atoms with Crippen LogP contribution < -0.4 is 5.73 Å². The minimum atomic E-state index is 0.203. The van der Waals surface area contributed by atoms with Crippen LogP contribution in [0.3, 0.4) is 0 Å². The molecule has 2 rings (SSSR count). The number of nitrogens with two attached hydrogens (primary N) is 1. The van der Waals surface area contributed by atoms with Crippen LogP contribution in [0, 0.1) is 0 Å². The largest absolute Gasteiger partial charge is 0.328 e. The van der Waals surface area contributed by atoms with Gasteiger partial charge in [0.25, 0.3) is 0 Å². The van der Waals surface area contributed by atoms with Crippen molar-refractivity contribution in [2.45, 2.75) is 32.4 Å². The van der Waals surface area contributed by atoms with Crippen molar-refractivity contribution in [2.24, 2.45) is 5.73 Å². The van der Waals surface area contributed by atoms with Crippen molar-refractivity contribution in [3.63, 3.8) is 0 Å². The molecule has 2 atom stereocenters. The maximum absolute atomic E-state index is 5.81. The molecular weight excluding hydrogens is 210 g/mol. The molecule has 17 heavy (non-hydrogen) atoms. The minimum absolute atomic E-state index is 0.203. The predicted octanol–water partition coefficient (Wildman–Crippen LogP) is 2.85. The van der Waals surface area contributed by atoms with Crippen molar-refractivity contribution in [1.82, 2.24) is 9.78 Å². The molecule has 0 aliphatic carbocycles. The smallest absolute Gasteiger partial charge is 0.0568 e. The predicted molar refractivity (Wildman–Crippen MR) is 70.6 cm³/mol. The molecule has 3 nitrogen and oxygen atoms in total. The van der Waals surface area contributed by atoms with Crippen molar-refractivity contribution < 1.29 is 0 Å². The fourth-order valence-electron chi connectivity index (χ4n) is 2.00. The fraction of sp³-hybridized carbons (Fsp3) is 0.357. The molecule has 90 valence electrons. The van der Waals surface area contributed by atoms with Gasteiger partial charge in [-0.1, -0.05) is 30.3 Å². The third-order valence-electron chi connectivity index (χ3n) is 2.87. The first-order valence-corrected chi connectivity index (χ1v) is 6.02. The Morgan fingerprint density at radius 3 is 2.53 bits per heavy atom. The summed E-state index contributed by atoms with van der Waals surface area (Å²) in [5, 5.41) is 4.41. The quantitative estimate of drug-likeness (QED) is 0.876. The molecular formula is C14H19N3. The average Bonchev–Trinajstić information content (AvgIpc) is 2.78. The average molecular weight is 229 g/mol. The van der Waals surface area contributed by atoms with E-state index in [4.69, 9.17) is 5.73 Å². The van der Waals surface area contributed by atoms with Gasteiger partial charge in [0, 0.05) is 17.8 Å². The van der Waals surface area contributed by atoms with Crippen LogP contribution in [0.15, 0.2) is 42.7 Å². The van der Waals surface area contributed by atoms with Gasteiger partial charge >= 0.3 is 0 Å². The summed E-state index contributed by atoms with van der Waals surface area (Å²) in [7, 11) is 0. The Morgan fingerprint density at radius 1 is 1.18 bits per heavy atom. The van der Waals surface area contributed by atoms with Gasteiger partial charge < -0.3 is 5.73 Å². The third-order valence-corrected chi connectivity index (χ3v) is 2.87. The molecule has 0 amide bonds. The van der Waals surface area contributed by atoms with Crippen molar-refractivity contribution >= 4 is 0 Å². The Morgan fingerprint density at radius 2 is 1.88 bits per heavy atom. The van der Waals surface area contributed by atoms with Crippen molar-refractivity contribution in [3.05, 3.63) is 42.7 Å². The molecule has 2 N–H and O–H groups in total. The van der Waals surface area contributed by atoms with Crippen LogP contribution in [-0.4, -0.2) is 15.8 Å². The SMILES string of the molecule is CC(N)CC(C)n1cc(-c2ccccc2)cn1. The maximum atomic E-state index is 5.81. The number of benzene rings is 1. The van der Waals surface area contributed by atoms with E-state index < -0.39 is 0 Å². The lowest BCUT2D eigenvalue weighted by molar-refractivity contribution is 0.428. The number of hydrogen-bond acceptors (Lipinski definition) is 2. The van der Waals surface area contributed by atoms with E-state index in [0.717, 1.165) is 12.0 Å². The fourth-order valence-corrected chi connectivity index (χ4v) is 2.00. The highest BCUT2D eigenvalue weighted by molar-refractivity contribution is 5.61. The summed E-state index contributed by atoms with van der Waals surface area (Å²) in [6, 6.07) is 10.8. The number of nitrogens with zero attached hydrogens (tertiary/aromatic N) is 2. The summed E-state index contributed by atoms with van der Waals surface area (Å²) in [6.07, 6.45) is 4.94. The Hall–Kier alpha value is -1.61. The standard InChI is InChI=1S/C14H19N3/c1-11(15)8-12(2)17-10-14(9-16-17)13-6-4-3-5-7-13/h3-7,9-12H,8,15H2,1-2H3. The van der Waals surface area contributed by atoms with Crippen LogP contribution in [0.1, 0.15) is 26.3 Å². The van der Waals surface area contributed by atoms with E-state index in [1.807, 2.05) is 36.0 Å². The van der Waals surface area contributed by atoms with Gasteiger partial charge in [0.2, 0.25) is 0 Å². The molecule has 0 saturated carbocycles. The molecule has 0 radical (unpaired) electrons. The van der Waals surface area contributed by atoms with Crippen LogP contribution in [0.25, 0.3) is 11.1 Å². The molecule has 0 saturated heterocycles. The maximum Gasteiger partial charge on any atom is 0.0568 e. The Kier molecular flexibility index (Phi) is 3.59. The zero-order valence-electron chi connectivity index (χ0n) is 10.4. The highest BCUT2D eigenvalue weighted by Crippen LogP contribution is 2.20. The van der Waals surface area contributed by atoms with Crippen LogP contribution in [0.2, 0.25) is 0 Å². The number of rotatable bonds is 4. The van der Waals surface area contributed by atoms with E-state index in [1.165, 1.54) is 5.56 Å². The van der Waals surface area contributed by atoms with Crippen molar-refractivity contribution in [1.29, 1.82) is 0 Å². The second kappa shape index (κ2) is 5.15. The lowest BCUT2D eigenvalue weighted by Gasteiger charge is -2.14. The van der Waals surface area contributed by atoms with Crippen LogP contribution >= 0.6 is 0 Å². The lowest BCUT2D eigenvalue weighted by Crippen LogP contribution is -2.20. The van der Waals surface area contributed by atoms with E-state index in [1.54, 1.807) is 0 Å². The van der Waals surface area contributed by atoms with E-state index in [2.05, 4.69) is 30.4 Å². The Labute approximate surface area is 102 Å². The Bertz CT molecular complexity index is 459. The summed E-state index contributed by atoms with van der Waals surface area (Å²) >= 11 is 0. The molecule has 2 aromatic rings. The first-order valence-electron chi connectivity index (χ1n) is 6.02. The molecule has 0 spiro atoms. The van der Waals surface area contributed by atoms with Crippen molar-refractivity contribution in [2.75, 3.05) is 0 Å². The summed E-state index contributed by atoms with van der Waals surface area (Å²) in [4.78, 5) is 0. The second-order valence-corrected chi connectivity index (χ2v) is 4.64. The topological polar surface area (TPSA) is 43.8 Å². The summed E-state index contributed by atoms with van der Waals surface area (Å²) in [6.45, 7) is 4.17. The molecule has 0 aliphatic heterocycles. The normalized spacial score (nSPS) is 14.5. The molecule has 3 heteroatoms. The van der Waals surface area contributed by atoms with Crippen LogP contribution in [0.5, 0.6) is 0 Å². The van der Waals surface area contributed by atoms with E-state index >= 15 is 0 Å². The van der Waals surface area contributed by atoms with Gasteiger partial charge in [-0.2, -0.15) is 5.10 Å². The molecule has 1 aromatic carbocycles. The van der Waals surface area contributed by atoms with Gasteiger partial charge in [-0.05, 0) is 25.8 Å². The third kappa shape index (κ3) is 2.94. The van der Waals surface area contributed by atoms with Crippen LogP contribution in [-0.2, 0) is 0 Å². The monoisotopic (exact) mass is 229 g/mol. The van der Waals surface area contributed by atoms with E-state index in [0.29, 0.717) is 6.04 Å². The highest BCUT2D eigenvalue weighted by atomic mass is 15.3. The number of aromatic nitrogens is 2. The molecule has 0 fully saturated rings. The molecule has 0 bridgehead atoms.